The van der Waals surface area contributed by atoms with Gasteiger partial charge in [0.25, 0.3) is 0 Å². The Morgan fingerprint density at radius 2 is 2.14 bits per heavy atom. The molecule has 1 aromatic rings. The fraction of sp³-hybridized carbons (Fsp3) is 0.538. The van der Waals surface area contributed by atoms with Crippen molar-refractivity contribution in [1.82, 2.24) is 10.0 Å². The molecule has 1 fully saturated rings. The summed E-state index contributed by atoms with van der Waals surface area (Å²) in [5.74, 6) is 0. The largest absolute Gasteiger partial charge is 0.383 e. The van der Waals surface area contributed by atoms with Gasteiger partial charge in [0.2, 0.25) is 10.0 Å². The lowest BCUT2D eigenvalue weighted by molar-refractivity contribution is 0.122. The Morgan fingerprint density at radius 1 is 1.41 bits per heavy atom. The average molecular weight is 390 g/mol. The zero-order valence-corrected chi connectivity index (χ0v) is 15.2. The lowest BCUT2D eigenvalue weighted by Gasteiger charge is -2.28. The summed E-state index contributed by atoms with van der Waals surface area (Å²) in [5.41, 5.74) is -0.368. The van der Waals surface area contributed by atoms with Gasteiger partial charge in [-0.05, 0) is 31.5 Å². The first-order valence-corrected chi connectivity index (χ1v) is 8.82. The lowest BCUT2D eigenvalue weighted by Crippen LogP contribution is -2.52. The summed E-state index contributed by atoms with van der Waals surface area (Å²) in [5, 5.41) is 3.56. The highest BCUT2D eigenvalue weighted by Crippen LogP contribution is 2.29. The van der Waals surface area contributed by atoms with Crippen LogP contribution in [0, 0.1) is 0 Å². The van der Waals surface area contributed by atoms with E-state index in [0.717, 1.165) is 19.4 Å². The highest BCUT2D eigenvalue weighted by atomic mass is 35.5. The maximum absolute atomic E-state index is 12.4. The molecule has 1 saturated heterocycles. The number of halogens is 3. The summed E-state index contributed by atoms with van der Waals surface area (Å²) in [7, 11) is -2.12. The predicted octanol–water partition coefficient (Wildman–Crippen LogP) is 2.46. The maximum Gasteiger partial charge on any atom is 0.242 e. The molecule has 1 aromatic carbocycles. The summed E-state index contributed by atoms with van der Waals surface area (Å²) >= 11 is 11.8. The first-order valence-electron chi connectivity index (χ1n) is 6.58. The molecule has 1 aliphatic rings. The van der Waals surface area contributed by atoms with Gasteiger partial charge in [0.05, 0.1) is 22.2 Å². The third-order valence-corrected chi connectivity index (χ3v) is 5.93. The lowest BCUT2D eigenvalue weighted by atomic mass is 9.99. The molecule has 0 radical (unpaired) electrons. The molecule has 0 aliphatic carbocycles. The Hall–Kier alpha value is -0.0800. The molecular weight excluding hydrogens is 371 g/mol. The van der Waals surface area contributed by atoms with Gasteiger partial charge < -0.3 is 10.1 Å². The quantitative estimate of drug-likeness (QED) is 0.784. The van der Waals surface area contributed by atoms with Crippen LogP contribution in [-0.4, -0.2) is 40.8 Å². The van der Waals surface area contributed by atoms with Crippen molar-refractivity contribution < 1.29 is 13.2 Å². The van der Waals surface area contributed by atoms with E-state index in [0.29, 0.717) is 6.61 Å². The number of benzene rings is 1. The fourth-order valence-corrected chi connectivity index (χ4v) is 4.36. The van der Waals surface area contributed by atoms with Crippen LogP contribution in [0.5, 0.6) is 0 Å². The molecule has 1 heterocycles. The third-order valence-electron chi connectivity index (χ3n) is 3.56. The van der Waals surface area contributed by atoms with Crippen LogP contribution in [0.3, 0.4) is 0 Å². The minimum Gasteiger partial charge on any atom is -0.383 e. The minimum atomic E-state index is -3.72. The molecule has 0 bridgehead atoms. The molecule has 1 aliphatic heterocycles. The Balaban J connectivity index is 0.00000242. The van der Waals surface area contributed by atoms with Crippen LogP contribution in [0.4, 0.5) is 0 Å². The van der Waals surface area contributed by atoms with Gasteiger partial charge in [-0.3, -0.25) is 0 Å². The maximum atomic E-state index is 12.4. The second-order valence-electron chi connectivity index (χ2n) is 5.12. The van der Waals surface area contributed by atoms with E-state index in [4.69, 9.17) is 27.9 Å². The number of hydrogen-bond acceptors (Lipinski definition) is 4. The van der Waals surface area contributed by atoms with Crippen molar-refractivity contribution in [3.63, 3.8) is 0 Å². The van der Waals surface area contributed by atoms with Crippen LogP contribution in [0.1, 0.15) is 12.8 Å². The van der Waals surface area contributed by atoms with Crippen molar-refractivity contribution in [2.45, 2.75) is 23.3 Å². The van der Waals surface area contributed by atoms with E-state index in [1.165, 1.54) is 6.07 Å². The Labute approximate surface area is 147 Å². The molecule has 2 rings (SSSR count). The predicted molar refractivity (Wildman–Crippen MR) is 90.7 cm³/mol. The molecule has 5 nitrogen and oxygen atoms in total. The molecule has 1 unspecified atom stereocenters. The smallest absolute Gasteiger partial charge is 0.242 e. The monoisotopic (exact) mass is 388 g/mol. The van der Waals surface area contributed by atoms with Crippen LogP contribution in [-0.2, 0) is 14.8 Å². The third kappa shape index (κ3) is 4.47. The summed E-state index contributed by atoms with van der Waals surface area (Å²) < 4.78 is 32.6. The van der Waals surface area contributed by atoms with Gasteiger partial charge in [0.15, 0.2) is 0 Å². The van der Waals surface area contributed by atoms with Gasteiger partial charge in [-0.25, -0.2) is 13.1 Å². The van der Waals surface area contributed by atoms with Gasteiger partial charge in [-0.1, -0.05) is 29.3 Å². The zero-order chi connectivity index (χ0) is 15.5. The van der Waals surface area contributed by atoms with Crippen LogP contribution < -0.4 is 10.0 Å². The van der Waals surface area contributed by atoms with E-state index in [9.17, 15) is 8.42 Å². The molecule has 1 atom stereocenters. The standard InChI is InChI=1S/C13H18Cl2N2O3S.ClH/c1-20-9-13(6-3-7-16-13)8-17-21(18,19)11-5-2-4-10(14)12(11)15;/h2,4-5,16-17H,3,6-9H2,1H3;1H. The number of ether oxygens (including phenoxy) is 1. The van der Waals surface area contributed by atoms with Crippen molar-refractivity contribution in [2.24, 2.45) is 0 Å². The zero-order valence-electron chi connectivity index (χ0n) is 12.1. The van der Waals surface area contributed by atoms with Crippen molar-refractivity contribution in [3.8, 4) is 0 Å². The molecule has 126 valence electrons. The second-order valence-corrected chi connectivity index (χ2v) is 7.64. The number of nitrogens with one attached hydrogen (secondary N) is 2. The molecule has 0 spiro atoms. The Kier molecular flexibility index (Phi) is 7.39. The van der Waals surface area contributed by atoms with Gasteiger partial charge in [0.1, 0.15) is 4.90 Å². The summed E-state index contributed by atoms with van der Waals surface area (Å²) in [6.45, 7) is 1.54. The molecule has 0 aromatic heterocycles. The first-order chi connectivity index (χ1) is 9.90. The normalized spacial score (nSPS) is 21.6. The molecule has 9 heteroatoms. The van der Waals surface area contributed by atoms with Crippen molar-refractivity contribution in [1.29, 1.82) is 0 Å². The topological polar surface area (TPSA) is 67.4 Å². The molecule has 22 heavy (non-hydrogen) atoms. The Morgan fingerprint density at radius 3 is 2.73 bits per heavy atom. The van der Waals surface area contributed by atoms with E-state index in [-0.39, 0.29) is 39.4 Å². The van der Waals surface area contributed by atoms with Crippen molar-refractivity contribution >= 4 is 45.6 Å². The number of rotatable bonds is 6. The van der Waals surface area contributed by atoms with E-state index >= 15 is 0 Å². The number of sulfonamides is 1. The SMILES string of the molecule is COCC1(CNS(=O)(=O)c2cccc(Cl)c2Cl)CCCN1.Cl. The van der Waals surface area contributed by atoms with E-state index < -0.39 is 10.0 Å². The molecule has 0 saturated carbocycles. The minimum absolute atomic E-state index is 0. The van der Waals surface area contributed by atoms with Crippen molar-refractivity contribution in [3.05, 3.63) is 28.2 Å². The molecular formula is C13H19Cl3N2O3S. The summed E-state index contributed by atoms with van der Waals surface area (Å²) in [6, 6.07) is 4.54. The highest BCUT2D eigenvalue weighted by Gasteiger charge is 2.35. The summed E-state index contributed by atoms with van der Waals surface area (Å²) in [4.78, 5) is -0.0118. The van der Waals surface area contributed by atoms with Gasteiger partial charge in [-0.2, -0.15) is 0 Å². The number of methoxy groups -OCH3 is 1. The van der Waals surface area contributed by atoms with E-state index in [2.05, 4.69) is 10.0 Å². The molecule has 0 amide bonds. The van der Waals surface area contributed by atoms with E-state index in [1.807, 2.05) is 0 Å². The van der Waals surface area contributed by atoms with Gasteiger partial charge in [-0.15, -0.1) is 12.4 Å². The van der Waals surface area contributed by atoms with Crippen LogP contribution >= 0.6 is 35.6 Å². The van der Waals surface area contributed by atoms with Crippen LogP contribution in [0.25, 0.3) is 0 Å². The van der Waals surface area contributed by atoms with Gasteiger partial charge >= 0.3 is 0 Å². The number of hydrogen-bond donors (Lipinski definition) is 2. The van der Waals surface area contributed by atoms with Crippen LogP contribution in [0.15, 0.2) is 23.1 Å². The second kappa shape index (κ2) is 8.15. The first kappa shape index (κ1) is 20.0. The van der Waals surface area contributed by atoms with E-state index in [1.54, 1.807) is 19.2 Å². The van der Waals surface area contributed by atoms with Crippen LogP contribution in [0.2, 0.25) is 10.0 Å². The highest BCUT2D eigenvalue weighted by molar-refractivity contribution is 7.89. The van der Waals surface area contributed by atoms with Gasteiger partial charge in [0, 0.05) is 13.7 Å². The summed E-state index contributed by atoms with van der Waals surface area (Å²) in [6.07, 6.45) is 1.84. The average Bonchev–Trinajstić information content (AvgIpc) is 2.89. The van der Waals surface area contributed by atoms with Crippen molar-refractivity contribution in [2.75, 3.05) is 26.8 Å². The fourth-order valence-electron chi connectivity index (χ4n) is 2.47. The molecule has 2 N–H and O–H groups in total. The Bertz CT molecular complexity index is 605.